The van der Waals surface area contributed by atoms with E-state index in [2.05, 4.69) is 5.32 Å². The second kappa shape index (κ2) is 7.17. The lowest BCUT2D eigenvalue weighted by molar-refractivity contribution is -0.142. The zero-order chi connectivity index (χ0) is 20.8. The highest BCUT2D eigenvalue weighted by atomic mass is 19.4. The molecule has 1 saturated heterocycles. The molecule has 1 fully saturated rings. The van der Waals surface area contributed by atoms with Crippen LogP contribution in [-0.2, 0) is 11.0 Å². The molecule has 4 rings (SSSR count). The summed E-state index contributed by atoms with van der Waals surface area (Å²) >= 11 is 0. The zero-order valence-corrected chi connectivity index (χ0v) is 15.8. The molecule has 0 bridgehead atoms. The Hall–Kier alpha value is -2.90. The number of carbonyl (C=O) groups is 1. The number of carboxylic acids is 1. The Labute approximate surface area is 166 Å². The van der Waals surface area contributed by atoms with Gasteiger partial charge in [0, 0.05) is 24.3 Å². The predicted octanol–water partition coefficient (Wildman–Crippen LogP) is 4.48. The highest BCUT2D eigenvalue weighted by molar-refractivity contribution is 5.85. The maximum absolute atomic E-state index is 13.4. The van der Waals surface area contributed by atoms with Crippen LogP contribution in [0.2, 0.25) is 0 Å². The molecule has 2 heterocycles. The number of fused-ring (bicyclic) bond motifs is 1. The highest BCUT2D eigenvalue weighted by Crippen LogP contribution is 2.44. The van der Waals surface area contributed by atoms with E-state index in [0.29, 0.717) is 36.5 Å². The van der Waals surface area contributed by atoms with E-state index >= 15 is 0 Å². The summed E-state index contributed by atoms with van der Waals surface area (Å²) in [6, 6.07) is 9.35. The first-order valence-corrected chi connectivity index (χ1v) is 9.49. The molecule has 0 saturated carbocycles. The van der Waals surface area contributed by atoms with Gasteiger partial charge in [0.15, 0.2) is 0 Å². The molecule has 5 nitrogen and oxygen atoms in total. The molecule has 1 unspecified atom stereocenters. The Morgan fingerprint density at radius 3 is 2.69 bits per heavy atom. The number of ether oxygens (including phenoxy) is 1. The minimum absolute atomic E-state index is 0.0212. The number of alkyl halides is 3. The van der Waals surface area contributed by atoms with Gasteiger partial charge in [-0.1, -0.05) is 19.1 Å². The molecule has 0 aromatic heterocycles. The number of halogens is 3. The van der Waals surface area contributed by atoms with E-state index in [1.54, 1.807) is 18.2 Å². The lowest BCUT2D eigenvalue weighted by Crippen LogP contribution is -2.50. The Kier molecular flexibility index (Phi) is 4.80. The van der Waals surface area contributed by atoms with Crippen molar-refractivity contribution in [3.05, 3.63) is 42.0 Å². The van der Waals surface area contributed by atoms with Crippen LogP contribution in [0.3, 0.4) is 0 Å². The number of carboxylic acid groups (broad SMARTS) is 1. The highest BCUT2D eigenvalue weighted by Gasteiger charge is 2.35. The van der Waals surface area contributed by atoms with E-state index in [0.717, 1.165) is 24.2 Å². The van der Waals surface area contributed by atoms with Crippen molar-refractivity contribution in [1.29, 1.82) is 0 Å². The largest absolute Gasteiger partial charge is 0.489 e. The fourth-order valence-electron chi connectivity index (χ4n) is 3.64. The number of anilines is 2. The second-order valence-corrected chi connectivity index (χ2v) is 7.45. The van der Waals surface area contributed by atoms with Gasteiger partial charge in [0.05, 0.1) is 23.2 Å². The maximum atomic E-state index is 13.4. The molecule has 8 heteroatoms. The molecule has 0 radical (unpaired) electrons. The third-order valence-electron chi connectivity index (χ3n) is 5.46. The SMILES string of the molecule is CCC1COc2cc(C(F)(F)F)cc(-c3cccc(N4CC(C(=O)O)C4)c3)c2N1. The summed E-state index contributed by atoms with van der Waals surface area (Å²) in [4.78, 5) is 12.9. The van der Waals surface area contributed by atoms with Crippen LogP contribution in [0, 0.1) is 5.92 Å². The van der Waals surface area contributed by atoms with E-state index in [-0.39, 0.29) is 11.8 Å². The number of benzene rings is 2. The molecule has 0 spiro atoms. The van der Waals surface area contributed by atoms with Gasteiger partial charge in [-0.2, -0.15) is 13.2 Å². The zero-order valence-electron chi connectivity index (χ0n) is 15.8. The summed E-state index contributed by atoms with van der Waals surface area (Å²) in [5.41, 5.74) is 1.63. The summed E-state index contributed by atoms with van der Waals surface area (Å²) in [5, 5.41) is 12.4. The van der Waals surface area contributed by atoms with Crippen molar-refractivity contribution in [3.8, 4) is 16.9 Å². The normalized spacial score (nSPS) is 19.0. The smallest absolute Gasteiger partial charge is 0.416 e. The third kappa shape index (κ3) is 3.71. The van der Waals surface area contributed by atoms with Gasteiger partial charge < -0.3 is 20.1 Å². The van der Waals surface area contributed by atoms with Gasteiger partial charge in [0.2, 0.25) is 0 Å². The fourth-order valence-corrected chi connectivity index (χ4v) is 3.64. The van der Waals surface area contributed by atoms with Crippen LogP contribution in [-0.4, -0.2) is 36.8 Å². The van der Waals surface area contributed by atoms with Crippen LogP contribution in [0.15, 0.2) is 36.4 Å². The molecular weight excluding hydrogens is 385 g/mol. The number of aliphatic carboxylic acids is 1. The molecule has 2 aliphatic heterocycles. The molecule has 2 aliphatic rings. The van der Waals surface area contributed by atoms with E-state index in [9.17, 15) is 18.0 Å². The Morgan fingerprint density at radius 1 is 1.28 bits per heavy atom. The fraction of sp³-hybridized carbons (Fsp3) is 0.381. The van der Waals surface area contributed by atoms with Crippen molar-refractivity contribution in [2.75, 3.05) is 29.9 Å². The van der Waals surface area contributed by atoms with Crippen LogP contribution < -0.4 is 15.0 Å². The van der Waals surface area contributed by atoms with Gasteiger partial charge in [0.1, 0.15) is 12.4 Å². The molecule has 2 N–H and O–H groups in total. The first-order valence-electron chi connectivity index (χ1n) is 9.49. The van der Waals surface area contributed by atoms with Gasteiger partial charge in [-0.3, -0.25) is 4.79 Å². The molecule has 2 aromatic rings. The topological polar surface area (TPSA) is 61.8 Å². The first kappa shape index (κ1) is 19.4. The number of rotatable bonds is 4. The minimum Gasteiger partial charge on any atom is -0.489 e. The summed E-state index contributed by atoms with van der Waals surface area (Å²) < 4.78 is 46.0. The lowest BCUT2D eigenvalue weighted by atomic mass is 9.95. The van der Waals surface area contributed by atoms with Crippen LogP contribution in [0.25, 0.3) is 11.1 Å². The van der Waals surface area contributed by atoms with E-state index in [1.807, 2.05) is 17.9 Å². The average molecular weight is 406 g/mol. The molecule has 154 valence electrons. The summed E-state index contributed by atoms with van der Waals surface area (Å²) in [5.74, 6) is -1.06. The van der Waals surface area contributed by atoms with Crippen molar-refractivity contribution in [1.82, 2.24) is 0 Å². The van der Waals surface area contributed by atoms with Gasteiger partial charge in [-0.25, -0.2) is 0 Å². The average Bonchev–Trinajstić information content (AvgIpc) is 2.64. The molecule has 29 heavy (non-hydrogen) atoms. The van der Waals surface area contributed by atoms with Gasteiger partial charge in [-0.15, -0.1) is 0 Å². The van der Waals surface area contributed by atoms with Crippen molar-refractivity contribution in [2.24, 2.45) is 5.92 Å². The van der Waals surface area contributed by atoms with Crippen LogP contribution in [0.1, 0.15) is 18.9 Å². The number of hydrogen-bond acceptors (Lipinski definition) is 4. The van der Waals surface area contributed by atoms with Crippen LogP contribution in [0.4, 0.5) is 24.5 Å². The first-order chi connectivity index (χ1) is 13.8. The van der Waals surface area contributed by atoms with E-state index in [1.165, 1.54) is 0 Å². The molecular formula is C21H21F3N2O3. The van der Waals surface area contributed by atoms with Crippen molar-refractivity contribution >= 4 is 17.3 Å². The van der Waals surface area contributed by atoms with Crippen molar-refractivity contribution < 1.29 is 27.8 Å². The van der Waals surface area contributed by atoms with Gasteiger partial charge >= 0.3 is 12.1 Å². The number of nitrogens with one attached hydrogen (secondary N) is 1. The predicted molar refractivity (Wildman–Crippen MR) is 103 cm³/mol. The van der Waals surface area contributed by atoms with Crippen LogP contribution in [0.5, 0.6) is 5.75 Å². The minimum atomic E-state index is -4.49. The second-order valence-electron chi connectivity index (χ2n) is 7.45. The summed E-state index contributed by atoms with van der Waals surface area (Å²) in [6.07, 6.45) is -3.71. The lowest BCUT2D eigenvalue weighted by Gasteiger charge is -2.38. The quantitative estimate of drug-likeness (QED) is 0.784. The maximum Gasteiger partial charge on any atom is 0.416 e. The van der Waals surface area contributed by atoms with Gasteiger partial charge in [0.25, 0.3) is 0 Å². The number of hydrogen-bond donors (Lipinski definition) is 2. The van der Waals surface area contributed by atoms with Crippen molar-refractivity contribution in [2.45, 2.75) is 25.6 Å². The van der Waals surface area contributed by atoms with E-state index < -0.39 is 23.6 Å². The van der Waals surface area contributed by atoms with Crippen LogP contribution >= 0.6 is 0 Å². The molecule has 0 amide bonds. The molecule has 0 aliphatic carbocycles. The molecule has 1 atom stereocenters. The third-order valence-corrected chi connectivity index (χ3v) is 5.46. The van der Waals surface area contributed by atoms with Crippen molar-refractivity contribution in [3.63, 3.8) is 0 Å². The Balaban J connectivity index is 1.74. The standard InChI is InChI=1S/C21H21F3N2O3/c1-2-15-11-29-18-8-14(21(22,23)24)7-17(19(18)25-15)12-4-3-5-16(6-12)26-9-13(10-26)20(27)28/h3-8,13,15,25H,2,9-11H2,1H3,(H,27,28). The van der Waals surface area contributed by atoms with E-state index in [4.69, 9.17) is 9.84 Å². The Bertz CT molecular complexity index is 939. The molecule has 2 aromatic carbocycles. The number of nitrogens with zero attached hydrogens (tertiary/aromatic N) is 1. The summed E-state index contributed by atoms with van der Waals surface area (Å²) in [7, 11) is 0. The summed E-state index contributed by atoms with van der Waals surface area (Å²) in [6.45, 7) is 3.07. The Morgan fingerprint density at radius 2 is 2.03 bits per heavy atom. The van der Waals surface area contributed by atoms with Gasteiger partial charge in [-0.05, 0) is 36.2 Å². The monoisotopic (exact) mass is 406 g/mol.